The van der Waals surface area contributed by atoms with E-state index in [0.29, 0.717) is 31.8 Å². The molecule has 0 bridgehead atoms. The number of nitrogens with one attached hydrogen (secondary N) is 1. The van der Waals surface area contributed by atoms with Crippen molar-refractivity contribution in [2.75, 3.05) is 21.3 Å². The maximum absolute atomic E-state index is 12.5. The van der Waals surface area contributed by atoms with E-state index in [0.717, 1.165) is 5.56 Å². The second-order valence-corrected chi connectivity index (χ2v) is 7.26. The fourth-order valence-electron chi connectivity index (χ4n) is 2.44. The predicted molar refractivity (Wildman–Crippen MR) is 113 cm³/mol. The molecule has 146 valence electrons. The Kier molecular flexibility index (Phi) is 7.91. The van der Waals surface area contributed by atoms with Gasteiger partial charge in [0.1, 0.15) is 28.9 Å². The molecular formula is C20H18Br2N2O4. The molecule has 0 aliphatic rings. The lowest BCUT2D eigenvalue weighted by atomic mass is 10.1. The predicted octanol–water partition coefficient (Wildman–Crippen LogP) is 4.46. The maximum Gasteiger partial charge on any atom is 0.262 e. The van der Waals surface area contributed by atoms with Crippen LogP contribution in [0.1, 0.15) is 11.1 Å². The van der Waals surface area contributed by atoms with Gasteiger partial charge in [-0.1, -0.05) is 0 Å². The van der Waals surface area contributed by atoms with Crippen LogP contribution in [0.15, 0.2) is 44.9 Å². The first kappa shape index (κ1) is 21.8. The van der Waals surface area contributed by atoms with Crippen molar-refractivity contribution in [2.24, 2.45) is 0 Å². The quantitative estimate of drug-likeness (QED) is 0.440. The molecule has 0 unspecified atom stereocenters. The van der Waals surface area contributed by atoms with E-state index in [1.807, 2.05) is 6.07 Å². The molecule has 1 amide bonds. The van der Waals surface area contributed by atoms with Crippen molar-refractivity contribution in [2.45, 2.75) is 6.54 Å². The molecule has 0 saturated carbocycles. The van der Waals surface area contributed by atoms with Gasteiger partial charge in [-0.25, -0.2) is 0 Å². The van der Waals surface area contributed by atoms with Gasteiger partial charge in [0.25, 0.3) is 5.91 Å². The van der Waals surface area contributed by atoms with Gasteiger partial charge in [0.2, 0.25) is 0 Å². The summed E-state index contributed by atoms with van der Waals surface area (Å²) in [4.78, 5) is 12.5. The summed E-state index contributed by atoms with van der Waals surface area (Å²) < 4.78 is 17.1. The molecule has 2 rings (SSSR count). The van der Waals surface area contributed by atoms with Crippen LogP contribution >= 0.6 is 31.9 Å². The molecule has 0 saturated heterocycles. The first-order chi connectivity index (χ1) is 13.4. The summed E-state index contributed by atoms with van der Waals surface area (Å²) in [6.07, 6.45) is 1.51. The second kappa shape index (κ2) is 10.2. The molecule has 0 radical (unpaired) electrons. The molecule has 0 aliphatic heterocycles. The summed E-state index contributed by atoms with van der Waals surface area (Å²) in [5, 5.41) is 12.1. The monoisotopic (exact) mass is 508 g/mol. The Labute approximate surface area is 180 Å². The highest BCUT2D eigenvalue weighted by Gasteiger charge is 2.13. The summed E-state index contributed by atoms with van der Waals surface area (Å²) in [6.45, 7) is 0.209. The Morgan fingerprint density at radius 2 is 1.79 bits per heavy atom. The van der Waals surface area contributed by atoms with Crippen molar-refractivity contribution in [1.82, 2.24) is 5.32 Å². The molecule has 0 spiro atoms. The van der Waals surface area contributed by atoms with Gasteiger partial charge in [-0.15, -0.1) is 0 Å². The van der Waals surface area contributed by atoms with Crippen LogP contribution in [0.3, 0.4) is 0 Å². The Morgan fingerprint density at radius 1 is 1.11 bits per heavy atom. The highest BCUT2D eigenvalue weighted by Crippen LogP contribution is 2.35. The van der Waals surface area contributed by atoms with Crippen LogP contribution < -0.4 is 19.5 Å². The number of halogens is 2. The number of amides is 1. The average molecular weight is 510 g/mol. The van der Waals surface area contributed by atoms with E-state index in [9.17, 15) is 10.1 Å². The Balaban J connectivity index is 2.19. The molecule has 8 heteroatoms. The van der Waals surface area contributed by atoms with E-state index in [1.165, 1.54) is 6.08 Å². The summed E-state index contributed by atoms with van der Waals surface area (Å²) >= 11 is 6.81. The van der Waals surface area contributed by atoms with Crippen molar-refractivity contribution < 1.29 is 19.0 Å². The summed E-state index contributed by atoms with van der Waals surface area (Å²) in [5.74, 6) is 1.39. The largest absolute Gasteiger partial charge is 0.497 e. The number of carbonyl (C=O) groups excluding carboxylic acids is 1. The highest BCUT2D eigenvalue weighted by molar-refractivity contribution is 9.11. The molecule has 0 aromatic heterocycles. The number of benzene rings is 2. The summed E-state index contributed by atoms with van der Waals surface area (Å²) in [7, 11) is 4.66. The van der Waals surface area contributed by atoms with Crippen LogP contribution in [0.2, 0.25) is 0 Å². The number of methoxy groups -OCH3 is 3. The zero-order valence-electron chi connectivity index (χ0n) is 15.5. The van der Waals surface area contributed by atoms with Gasteiger partial charge in [-0.05, 0) is 67.8 Å². The van der Waals surface area contributed by atoms with Crippen LogP contribution in [0, 0.1) is 11.3 Å². The topological polar surface area (TPSA) is 80.6 Å². The molecular weight excluding hydrogens is 492 g/mol. The van der Waals surface area contributed by atoms with E-state index in [-0.39, 0.29) is 12.1 Å². The standard InChI is InChI=1S/C20H18Br2N2O4/c1-26-15-5-4-13(18(9-15)27-2)11-24-20(25)14(10-23)6-12-7-16(21)19(28-3)17(22)8-12/h4-9H,11H2,1-3H3,(H,24,25)/b14-6+. The Hall–Kier alpha value is -2.50. The Morgan fingerprint density at radius 3 is 2.32 bits per heavy atom. The smallest absolute Gasteiger partial charge is 0.262 e. The minimum absolute atomic E-state index is 0.0172. The molecule has 0 atom stereocenters. The minimum atomic E-state index is -0.483. The summed E-state index contributed by atoms with van der Waals surface area (Å²) in [6, 6.07) is 10.8. The van der Waals surface area contributed by atoms with Gasteiger partial charge in [0.15, 0.2) is 0 Å². The normalized spacial score (nSPS) is 10.8. The maximum atomic E-state index is 12.5. The van der Waals surface area contributed by atoms with E-state index < -0.39 is 5.91 Å². The third-order valence-corrected chi connectivity index (χ3v) is 5.01. The van der Waals surface area contributed by atoms with Gasteiger partial charge >= 0.3 is 0 Å². The third kappa shape index (κ3) is 5.27. The highest BCUT2D eigenvalue weighted by atomic mass is 79.9. The van der Waals surface area contributed by atoms with Crippen molar-refractivity contribution in [3.63, 3.8) is 0 Å². The van der Waals surface area contributed by atoms with Gasteiger partial charge < -0.3 is 19.5 Å². The van der Waals surface area contributed by atoms with E-state index in [4.69, 9.17) is 14.2 Å². The number of nitrogens with zero attached hydrogens (tertiary/aromatic N) is 1. The number of ether oxygens (including phenoxy) is 3. The molecule has 2 aromatic carbocycles. The molecule has 6 nitrogen and oxygen atoms in total. The number of carbonyl (C=O) groups is 1. The van der Waals surface area contributed by atoms with Crippen LogP contribution in [-0.2, 0) is 11.3 Å². The molecule has 0 aliphatic carbocycles. The fourth-order valence-corrected chi connectivity index (χ4v) is 3.99. The zero-order chi connectivity index (χ0) is 20.7. The molecule has 28 heavy (non-hydrogen) atoms. The number of hydrogen-bond acceptors (Lipinski definition) is 5. The lowest BCUT2D eigenvalue weighted by molar-refractivity contribution is -0.117. The van der Waals surface area contributed by atoms with Crippen molar-refractivity contribution in [3.8, 4) is 23.3 Å². The zero-order valence-corrected chi connectivity index (χ0v) is 18.7. The van der Waals surface area contributed by atoms with Gasteiger partial charge in [-0.2, -0.15) is 5.26 Å². The Bertz CT molecular complexity index is 929. The molecule has 0 heterocycles. The first-order valence-corrected chi connectivity index (χ1v) is 9.66. The summed E-state index contributed by atoms with van der Waals surface area (Å²) in [5.41, 5.74) is 1.42. The van der Waals surface area contributed by atoms with Crippen LogP contribution in [0.25, 0.3) is 6.08 Å². The van der Waals surface area contributed by atoms with Crippen LogP contribution in [0.4, 0.5) is 0 Å². The lowest BCUT2D eigenvalue weighted by Gasteiger charge is -2.11. The first-order valence-electron chi connectivity index (χ1n) is 8.07. The van der Waals surface area contributed by atoms with Crippen LogP contribution in [0.5, 0.6) is 17.2 Å². The van der Waals surface area contributed by atoms with Gasteiger partial charge in [-0.3, -0.25) is 4.79 Å². The van der Waals surface area contributed by atoms with Crippen LogP contribution in [-0.4, -0.2) is 27.2 Å². The number of nitriles is 1. The number of hydrogen-bond donors (Lipinski definition) is 1. The van der Waals surface area contributed by atoms with Gasteiger partial charge in [0, 0.05) is 18.2 Å². The van der Waals surface area contributed by atoms with Crippen molar-refractivity contribution in [3.05, 3.63) is 56.0 Å². The molecule has 1 N–H and O–H groups in total. The SMILES string of the molecule is COc1ccc(CNC(=O)/C(C#N)=C/c2cc(Br)c(OC)c(Br)c2)c(OC)c1. The van der Waals surface area contributed by atoms with Gasteiger partial charge in [0.05, 0.1) is 30.3 Å². The third-order valence-electron chi connectivity index (χ3n) is 3.83. The van der Waals surface area contributed by atoms with Crippen molar-refractivity contribution >= 4 is 43.8 Å². The van der Waals surface area contributed by atoms with E-state index >= 15 is 0 Å². The second-order valence-electron chi connectivity index (χ2n) is 5.55. The molecule has 2 aromatic rings. The molecule has 0 fully saturated rings. The average Bonchev–Trinajstić information content (AvgIpc) is 2.69. The fraction of sp³-hybridized carbons (Fsp3) is 0.200. The number of rotatable bonds is 7. The lowest BCUT2D eigenvalue weighted by Crippen LogP contribution is -2.24. The van der Waals surface area contributed by atoms with E-state index in [1.54, 1.807) is 51.7 Å². The minimum Gasteiger partial charge on any atom is -0.497 e. The van der Waals surface area contributed by atoms with E-state index in [2.05, 4.69) is 37.2 Å². The van der Waals surface area contributed by atoms with Crippen molar-refractivity contribution in [1.29, 1.82) is 5.26 Å².